The minimum atomic E-state index is -3.73. The third-order valence-corrected chi connectivity index (χ3v) is 8.37. The first-order valence-corrected chi connectivity index (χ1v) is 12.6. The maximum Gasteiger partial charge on any atom is 0.245 e. The van der Waals surface area contributed by atoms with Crippen molar-refractivity contribution >= 4 is 63.0 Å². The zero-order valence-electron chi connectivity index (χ0n) is 17.1. The van der Waals surface area contributed by atoms with Crippen LogP contribution in [0.2, 0.25) is 4.34 Å². The Balaban J connectivity index is 0.00000272. The molecule has 1 N–H and O–H groups in total. The van der Waals surface area contributed by atoms with Crippen molar-refractivity contribution in [1.29, 1.82) is 0 Å². The second-order valence-corrected chi connectivity index (χ2v) is 11.2. The molecule has 2 aliphatic heterocycles. The topological polar surface area (TPSA) is 69.7 Å². The Kier molecular flexibility index (Phi) is 7.83. The van der Waals surface area contributed by atoms with E-state index in [1.807, 2.05) is 6.07 Å². The van der Waals surface area contributed by atoms with Crippen molar-refractivity contribution in [3.63, 3.8) is 0 Å². The summed E-state index contributed by atoms with van der Waals surface area (Å²) in [5.74, 6) is -0.180. The van der Waals surface area contributed by atoms with E-state index < -0.39 is 16.1 Å². The number of hydrogen-bond acceptors (Lipinski definition) is 5. The van der Waals surface area contributed by atoms with Gasteiger partial charge in [0.1, 0.15) is 6.04 Å². The number of benzene rings is 1. The minimum Gasteiger partial charge on any atom is -0.313 e. The minimum absolute atomic E-state index is 0. The summed E-state index contributed by atoms with van der Waals surface area (Å²) >= 11 is 7.19. The first kappa shape index (κ1) is 24.2. The number of nitrogens with one attached hydrogen (secondary N) is 1. The molecule has 1 amide bonds. The highest BCUT2D eigenvalue weighted by atomic mass is 35.5. The fourth-order valence-corrected chi connectivity index (χ4v) is 6.03. The highest BCUT2D eigenvalue weighted by Gasteiger charge is 2.39. The summed E-state index contributed by atoms with van der Waals surface area (Å²) in [5.41, 5.74) is 3.36. The molecule has 1 fully saturated rings. The van der Waals surface area contributed by atoms with Crippen molar-refractivity contribution < 1.29 is 13.2 Å². The number of carbonyl (C=O) groups excluding carboxylic acids is 1. The van der Waals surface area contributed by atoms with Crippen LogP contribution in [-0.4, -0.2) is 44.8 Å². The molecule has 4 rings (SSSR count). The first-order valence-electron chi connectivity index (χ1n) is 9.90. The van der Waals surface area contributed by atoms with Gasteiger partial charge in [-0.25, -0.2) is 8.42 Å². The molecule has 168 valence electrons. The zero-order valence-corrected chi connectivity index (χ0v) is 20.3. The summed E-state index contributed by atoms with van der Waals surface area (Å²) in [6, 6.07) is 8.89. The molecular weight excluding hydrogens is 477 g/mol. The van der Waals surface area contributed by atoms with Gasteiger partial charge in [-0.1, -0.05) is 17.7 Å². The number of anilines is 1. The van der Waals surface area contributed by atoms with E-state index in [4.69, 9.17) is 11.6 Å². The zero-order chi connectivity index (χ0) is 21.3. The molecule has 0 unspecified atom stereocenters. The summed E-state index contributed by atoms with van der Waals surface area (Å²) in [4.78, 5) is 15.5. The molecule has 0 saturated carbocycles. The lowest BCUT2D eigenvalue weighted by Gasteiger charge is -2.22. The van der Waals surface area contributed by atoms with Gasteiger partial charge in [0.25, 0.3) is 0 Å². The molecule has 0 radical (unpaired) electrons. The van der Waals surface area contributed by atoms with Crippen LogP contribution in [0.4, 0.5) is 5.69 Å². The third-order valence-electron chi connectivity index (χ3n) is 5.63. The molecule has 0 spiro atoms. The molecule has 3 heterocycles. The predicted molar refractivity (Wildman–Crippen MR) is 130 cm³/mol. The highest BCUT2D eigenvalue weighted by Crippen LogP contribution is 2.29. The van der Waals surface area contributed by atoms with Crippen LogP contribution in [0.3, 0.4) is 0 Å². The number of carbonyl (C=O) groups is 1. The lowest BCUT2D eigenvalue weighted by atomic mass is 10.0. The predicted octanol–water partition coefficient (Wildman–Crippen LogP) is 3.90. The molecule has 1 atom stereocenters. The van der Waals surface area contributed by atoms with Gasteiger partial charge < -0.3 is 10.2 Å². The van der Waals surface area contributed by atoms with Crippen LogP contribution in [-0.2, 0) is 27.8 Å². The number of hydrogen-bond donors (Lipinski definition) is 1. The van der Waals surface area contributed by atoms with Crippen molar-refractivity contribution in [3.05, 3.63) is 56.1 Å². The first-order chi connectivity index (χ1) is 14.3. The number of sulfonamides is 1. The SMILES string of the molecule is CN([C@H]1CCN(c2ccc3c(c2)CCCNC3)C1=O)S(=O)(=O)/C=C/c1ccc(Cl)s1.Cl. The van der Waals surface area contributed by atoms with Crippen molar-refractivity contribution in [3.8, 4) is 0 Å². The number of aryl methyl sites for hydroxylation is 1. The van der Waals surface area contributed by atoms with Crippen molar-refractivity contribution in [2.45, 2.75) is 31.8 Å². The molecule has 1 aromatic heterocycles. The van der Waals surface area contributed by atoms with E-state index in [9.17, 15) is 13.2 Å². The van der Waals surface area contributed by atoms with Crippen LogP contribution in [0, 0.1) is 0 Å². The van der Waals surface area contributed by atoms with Gasteiger partial charge in [-0.15, -0.1) is 23.7 Å². The summed E-state index contributed by atoms with van der Waals surface area (Å²) in [6.07, 6.45) is 4.02. The molecular formula is C21H25Cl2N3O3S2. The molecule has 10 heteroatoms. The van der Waals surface area contributed by atoms with Gasteiger partial charge in [-0.05, 0) is 67.3 Å². The number of rotatable bonds is 5. The lowest BCUT2D eigenvalue weighted by Crippen LogP contribution is -2.42. The summed E-state index contributed by atoms with van der Waals surface area (Å²) < 4.78 is 27.3. The normalized spacial score (nSPS) is 19.5. The fourth-order valence-electron chi connectivity index (χ4n) is 3.92. The Morgan fingerprint density at radius 1 is 1.26 bits per heavy atom. The van der Waals surface area contributed by atoms with Gasteiger partial charge in [0.2, 0.25) is 15.9 Å². The van der Waals surface area contributed by atoms with Crippen molar-refractivity contribution in [2.75, 3.05) is 25.0 Å². The van der Waals surface area contributed by atoms with Crippen molar-refractivity contribution in [2.24, 2.45) is 0 Å². The Morgan fingerprint density at radius 2 is 2.06 bits per heavy atom. The van der Waals surface area contributed by atoms with Gasteiger partial charge in [0, 0.05) is 36.1 Å². The molecule has 0 bridgehead atoms. The average Bonchev–Trinajstić information content (AvgIpc) is 3.23. The van der Waals surface area contributed by atoms with E-state index in [-0.39, 0.29) is 18.3 Å². The van der Waals surface area contributed by atoms with E-state index in [1.54, 1.807) is 17.0 Å². The number of fused-ring (bicyclic) bond motifs is 1. The van der Waals surface area contributed by atoms with E-state index in [1.165, 1.54) is 39.9 Å². The van der Waals surface area contributed by atoms with E-state index in [0.717, 1.165) is 41.9 Å². The molecule has 6 nitrogen and oxygen atoms in total. The van der Waals surface area contributed by atoms with Gasteiger partial charge in [-0.3, -0.25) is 4.79 Å². The quantitative estimate of drug-likeness (QED) is 0.674. The number of amides is 1. The standard InChI is InChI=1S/C21H24ClN3O3S2.ClH/c1-24(30(27,28)12-9-18-6-7-20(22)29-18)19-8-11-25(21(19)26)17-5-4-16-14-23-10-2-3-15(16)13-17;/h4-7,9,12-13,19,23H,2-3,8,10-11,14H2,1H3;1H/b12-9+;/t19-;/m0./s1. The van der Waals surface area contributed by atoms with Crippen LogP contribution in [0.25, 0.3) is 6.08 Å². The molecule has 31 heavy (non-hydrogen) atoms. The molecule has 0 aliphatic carbocycles. The highest BCUT2D eigenvalue weighted by molar-refractivity contribution is 7.92. The Morgan fingerprint density at radius 3 is 2.81 bits per heavy atom. The monoisotopic (exact) mass is 501 g/mol. The van der Waals surface area contributed by atoms with Crippen LogP contribution < -0.4 is 10.2 Å². The third kappa shape index (κ3) is 5.32. The number of likely N-dealkylation sites (N-methyl/N-ethyl adjacent to an activating group) is 1. The average molecular weight is 502 g/mol. The van der Waals surface area contributed by atoms with Gasteiger partial charge >= 0.3 is 0 Å². The molecule has 1 saturated heterocycles. The van der Waals surface area contributed by atoms with Crippen LogP contribution in [0.5, 0.6) is 0 Å². The Labute approximate surface area is 198 Å². The number of thiophene rings is 1. The molecule has 2 aliphatic rings. The second-order valence-electron chi connectivity index (χ2n) is 7.53. The lowest BCUT2D eigenvalue weighted by molar-refractivity contribution is -0.120. The van der Waals surface area contributed by atoms with E-state index in [2.05, 4.69) is 17.4 Å². The maximum absolute atomic E-state index is 13.1. The Hall–Kier alpha value is -1.42. The number of halogens is 2. The fraction of sp³-hybridized carbons (Fsp3) is 0.381. The van der Waals surface area contributed by atoms with Crippen LogP contribution in [0.1, 0.15) is 28.8 Å². The van der Waals surface area contributed by atoms with Crippen molar-refractivity contribution in [1.82, 2.24) is 9.62 Å². The summed E-state index contributed by atoms with van der Waals surface area (Å²) in [5, 5.41) is 4.54. The smallest absolute Gasteiger partial charge is 0.245 e. The molecule has 1 aromatic carbocycles. The number of nitrogens with zero attached hydrogens (tertiary/aromatic N) is 2. The van der Waals surface area contributed by atoms with Gasteiger partial charge in [0.15, 0.2) is 0 Å². The second kappa shape index (κ2) is 10.0. The van der Waals surface area contributed by atoms with Gasteiger partial charge in [0.05, 0.1) is 4.34 Å². The van der Waals surface area contributed by atoms with Crippen LogP contribution >= 0.6 is 35.3 Å². The Bertz CT molecular complexity index is 1090. The van der Waals surface area contributed by atoms with E-state index >= 15 is 0 Å². The van der Waals surface area contributed by atoms with Crippen LogP contribution in [0.15, 0.2) is 35.7 Å². The molecule has 2 aromatic rings. The largest absolute Gasteiger partial charge is 0.313 e. The maximum atomic E-state index is 13.1. The summed E-state index contributed by atoms with van der Waals surface area (Å²) in [7, 11) is -2.26. The van der Waals surface area contributed by atoms with Gasteiger partial charge in [-0.2, -0.15) is 4.31 Å². The van der Waals surface area contributed by atoms with E-state index in [0.29, 0.717) is 17.3 Å². The summed E-state index contributed by atoms with van der Waals surface area (Å²) in [6.45, 7) is 2.34.